The molecule has 1 aromatic heterocycles. The fourth-order valence-corrected chi connectivity index (χ4v) is 3.30. The number of methoxy groups -OCH3 is 1. The van der Waals surface area contributed by atoms with Gasteiger partial charge in [0.05, 0.1) is 7.11 Å². The summed E-state index contributed by atoms with van der Waals surface area (Å²) in [5.74, 6) is 0.967. The topological polar surface area (TPSA) is 37.4 Å². The molecule has 2 aromatic rings. The molecule has 1 atom stereocenters. The van der Waals surface area contributed by atoms with Gasteiger partial charge in [0.25, 0.3) is 0 Å². The van der Waals surface area contributed by atoms with Gasteiger partial charge in [-0.15, -0.1) is 12.4 Å². The average Bonchev–Trinajstić information content (AvgIpc) is 2.62. The molecule has 0 spiro atoms. The largest absolute Gasteiger partial charge is 0.496 e. The Morgan fingerprint density at radius 2 is 2.00 bits per heavy atom. The predicted molar refractivity (Wildman–Crippen MR) is 101 cm³/mol. The molecule has 1 N–H and O–H groups in total. The highest BCUT2D eigenvalue weighted by atomic mass is 35.5. The summed E-state index contributed by atoms with van der Waals surface area (Å²) in [7, 11) is 3.80. The van der Waals surface area contributed by atoms with Crippen LogP contribution in [0.3, 0.4) is 0 Å². The fourth-order valence-electron chi connectivity index (χ4n) is 3.30. The third-order valence-electron chi connectivity index (χ3n) is 4.60. The highest BCUT2D eigenvalue weighted by Gasteiger charge is 2.19. The van der Waals surface area contributed by atoms with E-state index in [0.717, 1.165) is 25.4 Å². The number of ether oxygens (including phenoxy) is 1. The van der Waals surface area contributed by atoms with Crippen molar-refractivity contribution < 1.29 is 4.74 Å². The lowest BCUT2D eigenvalue weighted by molar-refractivity contribution is 0.186. The summed E-state index contributed by atoms with van der Waals surface area (Å²) in [4.78, 5) is 6.61. The Morgan fingerprint density at radius 1 is 1.21 bits per heavy atom. The van der Waals surface area contributed by atoms with Crippen molar-refractivity contribution in [1.29, 1.82) is 0 Å². The van der Waals surface area contributed by atoms with E-state index in [4.69, 9.17) is 4.74 Å². The number of rotatable bonds is 5. The zero-order valence-corrected chi connectivity index (χ0v) is 15.2. The molecule has 130 valence electrons. The number of hydrogen-bond acceptors (Lipinski definition) is 4. The third kappa shape index (κ3) is 4.47. The number of likely N-dealkylation sites (N-methyl/N-ethyl adjacent to an activating group) is 1. The van der Waals surface area contributed by atoms with Crippen LogP contribution in [0.2, 0.25) is 0 Å². The number of hydrogen-bond donors (Lipinski definition) is 1. The van der Waals surface area contributed by atoms with Crippen molar-refractivity contribution in [1.82, 2.24) is 15.2 Å². The molecule has 0 amide bonds. The van der Waals surface area contributed by atoms with Crippen LogP contribution in [0, 0.1) is 0 Å². The minimum atomic E-state index is 0. The first-order chi connectivity index (χ1) is 11.3. The van der Waals surface area contributed by atoms with Gasteiger partial charge in [-0.3, -0.25) is 9.88 Å². The number of pyridine rings is 1. The first kappa shape index (κ1) is 18.7. The molecule has 24 heavy (non-hydrogen) atoms. The second-order valence-corrected chi connectivity index (χ2v) is 6.13. The SMILES string of the molecule is CNC1CCCN(Cc2cc(-c3ccncc3)ccc2OC)C1.Cl. The fraction of sp³-hybridized carbons (Fsp3) is 0.421. The normalized spacial score (nSPS) is 18.0. The van der Waals surface area contributed by atoms with E-state index in [1.165, 1.54) is 29.5 Å². The number of piperidine rings is 1. The summed E-state index contributed by atoms with van der Waals surface area (Å²) in [5, 5.41) is 3.41. The van der Waals surface area contributed by atoms with Gasteiger partial charge >= 0.3 is 0 Å². The van der Waals surface area contributed by atoms with E-state index in [1.807, 2.05) is 24.5 Å². The maximum absolute atomic E-state index is 5.58. The lowest BCUT2D eigenvalue weighted by Crippen LogP contribution is -2.43. The van der Waals surface area contributed by atoms with Crippen LogP contribution < -0.4 is 10.1 Å². The van der Waals surface area contributed by atoms with Gasteiger partial charge in [-0.25, -0.2) is 0 Å². The van der Waals surface area contributed by atoms with Gasteiger partial charge in [0.2, 0.25) is 0 Å². The standard InChI is InChI=1S/C19H25N3O.ClH/c1-20-18-4-3-11-22(14-18)13-17-12-16(5-6-19(17)23-2)15-7-9-21-10-8-15;/h5-10,12,18,20H,3-4,11,13-14H2,1-2H3;1H. The summed E-state index contributed by atoms with van der Waals surface area (Å²) >= 11 is 0. The molecular formula is C19H26ClN3O. The van der Waals surface area contributed by atoms with Gasteiger partial charge in [-0.05, 0) is 61.8 Å². The highest BCUT2D eigenvalue weighted by molar-refractivity contribution is 5.85. The molecule has 1 saturated heterocycles. The minimum absolute atomic E-state index is 0. The van der Waals surface area contributed by atoms with Crippen LogP contribution in [0.5, 0.6) is 5.75 Å². The van der Waals surface area contributed by atoms with Crippen molar-refractivity contribution >= 4 is 12.4 Å². The van der Waals surface area contributed by atoms with Gasteiger partial charge < -0.3 is 10.1 Å². The van der Waals surface area contributed by atoms with Crippen molar-refractivity contribution in [2.75, 3.05) is 27.2 Å². The molecular weight excluding hydrogens is 322 g/mol. The van der Waals surface area contributed by atoms with Crippen molar-refractivity contribution in [2.24, 2.45) is 0 Å². The molecule has 3 rings (SSSR count). The lowest BCUT2D eigenvalue weighted by Gasteiger charge is -2.32. The summed E-state index contributed by atoms with van der Waals surface area (Å²) in [6, 6.07) is 11.1. The summed E-state index contributed by atoms with van der Waals surface area (Å²) in [6.45, 7) is 3.18. The van der Waals surface area contributed by atoms with Gasteiger partial charge in [-0.2, -0.15) is 0 Å². The van der Waals surface area contributed by atoms with Crippen LogP contribution in [0.25, 0.3) is 11.1 Å². The Kier molecular flexibility index (Phi) is 7.03. The first-order valence-corrected chi connectivity index (χ1v) is 8.27. The number of halogens is 1. The van der Waals surface area contributed by atoms with E-state index in [2.05, 4.69) is 40.4 Å². The van der Waals surface area contributed by atoms with E-state index >= 15 is 0 Å². The first-order valence-electron chi connectivity index (χ1n) is 8.27. The van der Waals surface area contributed by atoms with Crippen LogP contribution in [0.4, 0.5) is 0 Å². The molecule has 4 nitrogen and oxygen atoms in total. The van der Waals surface area contributed by atoms with E-state index in [-0.39, 0.29) is 12.4 Å². The third-order valence-corrected chi connectivity index (χ3v) is 4.60. The van der Waals surface area contributed by atoms with Crippen LogP contribution in [-0.4, -0.2) is 43.2 Å². The molecule has 0 bridgehead atoms. The predicted octanol–water partition coefficient (Wildman–Crippen LogP) is 3.36. The summed E-state index contributed by atoms with van der Waals surface area (Å²) < 4.78 is 5.58. The second kappa shape index (κ2) is 9.02. The molecule has 1 unspecified atom stereocenters. The second-order valence-electron chi connectivity index (χ2n) is 6.13. The summed E-state index contributed by atoms with van der Waals surface area (Å²) in [6.07, 6.45) is 6.18. The lowest BCUT2D eigenvalue weighted by atomic mass is 10.0. The molecule has 1 aliphatic rings. The molecule has 2 heterocycles. The molecule has 5 heteroatoms. The molecule has 1 aliphatic heterocycles. The van der Waals surface area contributed by atoms with Crippen LogP contribution in [0.15, 0.2) is 42.7 Å². The maximum Gasteiger partial charge on any atom is 0.123 e. The van der Waals surface area contributed by atoms with Crippen LogP contribution >= 0.6 is 12.4 Å². The van der Waals surface area contributed by atoms with Crippen molar-refractivity contribution in [3.8, 4) is 16.9 Å². The number of nitrogens with zero attached hydrogens (tertiary/aromatic N) is 2. The van der Waals surface area contributed by atoms with Crippen molar-refractivity contribution in [3.63, 3.8) is 0 Å². The number of nitrogens with one attached hydrogen (secondary N) is 1. The Bertz CT molecular complexity index is 636. The minimum Gasteiger partial charge on any atom is -0.496 e. The molecule has 0 aliphatic carbocycles. The summed E-state index contributed by atoms with van der Waals surface area (Å²) in [5.41, 5.74) is 3.65. The van der Waals surface area contributed by atoms with Gasteiger partial charge in [0, 0.05) is 37.1 Å². The van der Waals surface area contributed by atoms with Gasteiger partial charge in [0.15, 0.2) is 0 Å². The Morgan fingerprint density at radius 3 is 2.71 bits per heavy atom. The number of likely N-dealkylation sites (tertiary alicyclic amines) is 1. The van der Waals surface area contributed by atoms with Gasteiger partial charge in [0.1, 0.15) is 5.75 Å². The zero-order chi connectivity index (χ0) is 16.1. The number of benzene rings is 1. The van der Waals surface area contributed by atoms with Crippen LogP contribution in [0.1, 0.15) is 18.4 Å². The molecule has 1 aromatic carbocycles. The monoisotopic (exact) mass is 347 g/mol. The molecule has 0 radical (unpaired) electrons. The Labute approximate surface area is 150 Å². The molecule has 1 fully saturated rings. The maximum atomic E-state index is 5.58. The van der Waals surface area contributed by atoms with Crippen molar-refractivity contribution in [3.05, 3.63) is 48.3 Å². The zero-order valence-electron chi connectivity index (χ0n) is 14.4. The smallest absolute Gasteiger partial charge is 0.123 e. The highest BCUT2D eigenvalue weighted by Crippen LogP contribution is 2.28. The Balaban J connectivity index is 0.00000208. The van der Waals surface area contributed by atoms with Crippen LogP contribution in [-0.2, 0) is 6.54 Å². The van der Waals surface area contributed by atoms with E-state index in [0.29, 0.717) is 6.04 Å². The quantitative estimate of drug-likeness (QED) is 0.900. The van der Waals surface area contributed by atoms with E-state index < -0.39 is 0 Å². The Hall–Kier alpha value is -1.62. The number of aromatic nitrogens is 1. The van der Waals surface area contributed by atoms with E-state index in [9.17, 15) is 0 Å². The average molecular weight is 348 g/mol. The molecule has 0 saturated carbocycles. The van der Waals surface area contributed by atoms with Crippen molar-refractivity contribution in [2.45, 2.75) is 25.4 Å². The van der Waals surface area contributed by atoms with E-state index in [1.54, 1.807) is 7.11 Å². The van der Waals surface area contributed by atoms with Gasteiger partial charge in [-0.1, -0.05) is 6.07 Å².